The highest BCUT2D eigenvalue weighted by molar-refractivity contribution is 7.92. The van der Waals surface area contributed by atoms with Gasteiger partial charge in [0, 0.05) is 25.6 Å². The summed E-state index contributed by atoms with van der Waals surface area (Å²) < 4.78 is 31.4. The van der Waals surface area contributed by atoms with Crippen LogP contribution in [0.15, 0.2) is 42.5 Å². The second-order valence-electron chi connectivity index (χ2n) is 9.26. The van der Waals surface area contributed by atoms with Crippen molar-refractivity contribution in [2.45, 2.75) is 65.6 Å². The average Bonchev–Trinajstić information content (AvgIpc) is 2.83. The molecule has 204 valence electrons. The molecule has 0 heterocycles. The van der Waals surface area contributed by atoms with Crippen LogP contribution in [0.2, 0.25) is 5.02 Å². The van der Waals surface area contributed by atoms with Gasteiger partial charge in [0.1, 0.15) is 11.8 Å². The van der Waals surface area contributed by atoms with Crippen LogP contribution in [0.5, 0.6) is 5.75 Å². The number of anilines is 1. The maximum Gasteiger partial charge on any atom is 0.242 e. The molecule has 37 heavy (non-hydrogen) atoms. The highest BCUT2D eigenvalue weighted by Gasteiger charge is 2.27. The van der Waals surface area contributed by atoms with Gasteiger partial charge in [0.05, 0.1) is 24.1 Å². The van der Waals surface area contributed by atoms with Gasteiger partial charge in [0.2, 0.25) is 21.8 Å². The van der Waals surface area contributed by atoms with Gasteiger partial charge in [-0.1, -0.05) is 48.4 Å². The van der Waals surface area contributed by atoms with Gasteiger partial charge in [-0.3, -0.25) is 13.9 Å². The van der Waals surface area contributed by atoms with Gasteiger partial charge >= 0.3 is 0 Å². The number of nitrogens with zero attached hydrogens (tertiary/aromatic N) is 2. The van der Waals surface area contributed by atoms with Gasteiger partial charge in [-0.15, -0.1) is 0 Å². The summed E-state index contributed by atoms with van der Waals surface area (Å²) in [6.45, 7) is 7.95. The first kappa shape index (κ1) is 30.4. The summed E-state index contributed by atoms with van der Waals surface area (Å²) in [4.78, 5) is 27.8. The molecule has 0 bridgehead atoms. The topological polar surface area (TPSA) is 96.0 Å². The maximum atomic E-state index is 13.4. The van der Waals surface area contributed by atoms with E-state index >= 15 is 0 Å². The summed E-state index contributed by atoms with van der Waals surface area (Å²) in [7, 11) is -2.15. The number of nitrogens with one attached hydrogen (secondary N) is 1. The van der Waals surface area contributed by atoms with Crippen molar-refractivity contribution >= 4 is 39.1 Å². The van der Waals surface area contributed by atoms with Crippen molar-refractivity contribution in [2.75, 3.05) is 24.2 Å². The van der Waals surface area contributed by atoms with Crippen LogP contribution in [-0.2, 0) is 26.2 Å². The van der Waals surface area contributed by atoms with Crippen LogP contribution in [0.3, 0.4) is 0 Å². The SMILES string of the molecule is CC[C@H](C)NC(=O)[C@H](C)N(Cc1cccc(C)c1)C(=O)CCCN(c1ccc(OC)c(Cl)c1)S(C)(=O)=O. The van der Waals surface area contributed by atoms with E-state index in [1.54, 1.807) is 24.0 Å². The predicted molar refractivity (Wildman–Crippen MR) is 149 cm³/mol. The van der Waals surface area contributed by atoms with Gasteiger partial charge in [-0.25, -0.2) is 8.42 Å². The number of carbonyl (C=O) groups excluding carboxylic acids is 2. The normalized spacial score (nSPS) is 12.9. The summed E-state index contributed by atoms with van der Waals surface area (Å²) in [5, 5.41) is 3.24. The number of sulfonamides is 1. The van der Waals surface area contributed by atoms with E-state index in [0.717, 1.165) is 23.8 Å². The van der Waals surface area contributed by atoms with E-state index < -0.39 is 16.1 Å². The van der Waals surface area contributed by atoms with E-state index in [1.807, 2.05) is 45.0 Å². The largest absolute Gasteiger partial charge is 0.495 e. The zero-order valence-corrected chi connectivity index (χ0v) is 24.0. The summed E-state index contributed by atoms with van der Waals surface area (Å²) in [6, 6.07) is 11.8. The molecule has 2 rings (SSSR count). The fourth-order valence-corrected chi connectivity index (χ4v) is 5.08. The maximum absolute atomic E-state index is 13.4. The molecule has 8 nitrogen and oxygen atoms in total. The highest BCUT2D eigenvalue weighted by atomic mass is 35.5. The van der Waals surface area contributed by atoms with Crippen molar-refractivity contribution in [1.29, 1.82) is 0 Å². The van der Waals surface area contributed by atoms with Crippen molar-refractivity contribution in [3.63, 3.8) is 0 Å². The second kappa shape index (κ2) is 13.7. The average molecular weight is 552 g/mol. The molecule has 0 spiro atoms. The Kier molecular flexibility index (Phi) is 11.3. The molecule has 2 aromatic carbocycles. The van der Waals surface area contributed by atoms with Crippen LogP contribution >= 0.6 is 11.6 Å². The molecule has 0 aliphatic rings. The van der Waals surface area contributed by atoms with E-state index in [-0.39, 0.29) is 48.8 Å². The summed E-state index contributed by atoms with van der Waals surface area (Å²) in [5.41, 5.74) is 2.37. The molecule has 0 saturated heterocycles. The number of hydrogen-bond donors (Lipinski definition) is 1. The lowest BCUT2D eigenvalue weighted by molar-refractivity contribution is -0.140. The van der Waals surface area contributed by atoms with Crippen LogP contribution < -0.4 is 14.4 Å². The molecule has 0 aliphatic heterocycles. The second-order valence-corrected chi connectivity index (χ2v) is 11.6. The number of hydrogen-bond acceptors (Lipinski definition) is 5. The third-order valence-electron chi connectivity index (χ3n) is 6.18. The zero-order chi connectivity index (χ0) is 27.8. The van der Waals surface area contributed by atoms with Gasteiger partial charge in [0.15, 0.2) is 0 Å². The monoisotopic (exact) mass is 551 g/mol. The van der Waals surface area contributed by atoms with E-state index in [1.165, 1.54) is 17.5 Å². The Hall–Kier alpha value is -2.78. The Bertz CT molecular complexity index is 1190. The summed E-state index contributed by atoms with van der Waals surface area (Å²) in [5.74, 6) is -0.0130. The molecule has 0 fully saturated rings. The van der Waals surface area contributed by atoms with E-state index in [4.69, 9.17) is 16.3 Å². The van der Waals surface area contributed by atoms with E-state index in [2.05, 4.69) is 5.32 Å². The molecule has 1 N–H and O–H groups in total. The number of amides is 2. The number of halogens is 1. The van der Waals surface area contributed by atoms with Crippen LogP contribution in [0.25, 0.3) is 0 Å². The Morgan fingerprint density at radius 3 is 2.41 bits per heavy atom. The van der Waals surface area contributed by atoms with Gasteiger partial charge in [-0.05, 0) is 57.4 Å². The molecule has 0 radical (unpaired) electrons. The lowest BCUT2D eigenvalue weighted by Gasteiger charge is -2.30. The zero-order valence-electron chi connectivity index (χ0n) is 22.5. The molecule has 0 saturated carbocycles. The lowest BCUT2D eigenvalue weighted by Crippen LogP contribution is -2.49. The lowest BCUT2D eigenvalue weighted by atomic mass is 10.1. The van der Waals surface area contributed by atoms with Crippen molar-refractivity contribution in [1.82, 2.24) is 10.2 Å². The van der Waals surface area contributed by atoms with Crippen molar-refractivity contribution in [3.05, 3.63) is 58.6 Å². The Balaban J connectivity index is 2.20. The Labute approximate surface area is 226 Å². The standard InChI is InChI=1S/C27H38ClN3O5S/c1-7-20(3)29-27(33)21(4)30(18-22-11-8-10-19(2)16-22)26(32)12-9-15-31(37(6,34)35)23-13-14-25(36-5)24(28)17-23/h8,10-11,13-14,16-17,20-21H,7,9,12,15,18H2,1-6H3,(H,29,33)/t20-,21-/m0/s1. The van der Waals surface area contributed by atoms with Crippen LogP contribution in [0.4, 0.5) is 5.69 Å². The number of methoxy groups -OCH3 is 1. The van der Waals surface area contributed by atoms with Crippen molar-refractivity contribution in [3.8, 4) is 5.75 Å². The quantitative estimate of drug-likeness (QED) is 0.394. The molecule has 2 atom stereocenters. The first-order valence-electron chi connectivity index (χ1n) is 12.3. The fourth-order valence-electron chi connectivity index (χ4n) is 3.87. The smallest absolute Gasteiger partial charge is 0.242 e. The minimum atomic E-state index is -3.63. The molecular formula is C27H38ClN3O5S. The summed E-state index contributed by atoms with van der Waals surface area (Å²) in [6.07, 6.45) is 2.22. The molecule has 0 aromatic heterocycles. The molecule has 2 amide bonds. The Morgan fingerprint density at radius 2 is 1.84 bits per heavy atom. The molecule has 2 aromatic rings. The minimum Gasteiger partial charge on any atom is -0.495 e. The van der Waals surface area contributed by atoms with Crippen LogP contribution in [0.1, 0.15) is 51.2 Å². The minimum absolute atomic E-state index is 0.00879. The Morgan fingerprint density at radius 1 is 1.14 bits per heavy atom. The fraction of sp³-hybridized carbons (Fsp3) is 0.481. The first-order valence-corrected chi connectivity index (χ1v) is 14.6. The van der Waals surface area contributed by atoms with Crippen LogP contribution in [-0.4, -0.2) is 57.1 Å². The van der Waals surface area contributed by atoms with Crippen LogP contribution in [0, 0.1) is 6.92 Å². The van der Waals surface area contributed by atoms with Crippen molar-refractivity contribution in [2.24, 2.45) is 0 Å². The predicted octanol–water partition coefficient (Wildman–Crippen LogP) is 4.54. The summed E-state index contributed by atoms with van der Waals surface area (Å²) >= 11 is 6.20. The number of benzene rings is 2. The molecule has 0 unspecified atom stereocenters. The number of carbonyl (C=O) groups is 2. The van der Waals surface area contributed by atoms with E-state index in [9.17, 15) is 18.0 Å². The highest BCUT2D eigenvalue weighted by Crippen LogP contribution is 2.30. The number of rotatable bonds is 13. The van der Waals surface area contributed by atoms with Gasteiger partial charge < -0.3 is 15.0 Å². The number of aryl methyl sites for hydroxylation is 1. The first-order chi connectivity index (χ1) is 17.4. The van der Waals surface area contributed by atoms with Gasteiger partial charge in [-0.2, -0.15) is 0 Å². The third kappa shape index (κ3) is 8.93. The third-order valence-corrected chi connectivity index (χ3v) is 7.67. The number of ether oxygens (including phenoxy) is 1. The van der Waals surface area contributed by atoms with E-state index in [0.29, 0.717) is 11.4 Å². The molecular weight excluding hydrogens is 514 g/mol. The van der Waals surface area contributed by atoms with Gasteiger partial charge in [0.25, 0.3) is 0 Å². The molecule has 0 aliphatic carbocycles. The molecule has 10 heteroatoms. The van der Waals surface area contributed by atoms with Crippen molar-refractivity contribution < 1.29 is 22.7 Å².